The lowest BCUT2D eigenvalue weighted by Crippen LogP contribution is -2.04. The summed E-state index contributed by atoms with van der Waals surface area (Å²) in [7, 11) is 2.66. The van der Waals surface area contributed by atoms with Crippen LogP contribution < -0.4 is 5.30 Å². The molecule has 2 nitrogen and oxygen atoms in total. The lowest BCUT2D eigenvalue weighted by atomic mass is 10.1. The van der Waals surface area contributed by atoms with E-state index in [2.05, 4.69) is 9.24 Å². The van der Waals surface area contributed by atoms with Crippen LogP contribution in [0, 0.1) is 0 Å². The Morgan fingerprint density at radius 1 is 1.40 bits per heavy atom. The van der Waals surface area contributed by atoms with Gasteiger partial charge in [-0.2, -0.15) is 0 Å². The van der Waals surface area contributed by atoms with Crippen LogP contribution in [0.1, 0.15) is 48.5 Å². The molecule has 1 aromatic rings. The van der Waals surface area contributed by atoms with Crippen LogP contribution in [0.2, 0.25) is 0 Å². The van der Waals surface area contributed by atoms with Crippen LogP contribution in [-0.2, 0) is 0 Å². The number of carboxylic acids is 1. The monoisotopic (exact) mass is 224 g/mol. The Hall–Kier alpha value is -0.880. The Morgan fingerprint density at radius 3 is 2.47 bits per heavy atom. The van der Waals surface area contributed by atoms with Crippen molar-refractivity contribution in [2.24, 2.45) is 0 Å². The lowest BCUT2D eigenvalue weighted by molar-refractivity contribution is 0.0697. The molecule has 0 bridgehead atoms. The third-order valence-corrected chi connectivity index (χ3v) is 2.88. The highest BCUT2D eigenvalue weighted by Gasteiger charge is 2.25. The van der Waals surface area contributed by atoms with Crippen molar-refractivity contribution in [1.82, 2.24) is 0 Å². The summed E-state index contributed by atoms with van der Waals surface area (Å²) in [5.41, 5.74) is 1.58. The fourth-order valence-electron chi connectivity index (χ4n) is 1.46. The highest BCUT2D eigenvalue weighted by atomic mass is 31.0. The number of hydrogen-bond donors (Lipinski definition) is 1. The largest absolute Gasteiger partial charge is 0.478 e. The normalized spacial score (nSPS) is 14.1. The van der Waals surface area contributed by atoms with Crippen LogP contribution >= 0.6 is 9.24 Å². The van der Waals surface area contributed by atoms with E-state index < -0.39 is 5.97 Å². The summed E-state index contributed by atoms with van der Waals surface area (Å²) >= 11 is 0. The van der Waals surface area contributed by atoms with E-state index in [1.807, 2.05) is 19.9 Å². The number of aromatic carboxylic acids is 1. The first-order chi connectivity index (χ1) is 7.18. The molecule has 1 unspecified atom stereocenters. The zero-order valence-electron chi connectivity index (χ0n) is 9.16. The average molecular weight is 224 g/mol. The molecule has 15 heavy (non-hydrogen) atoms. The van der Waals surface area contributed by atoms with Gasteiger partial charge >= 0.3 is 5.97 Å². The second kappa shape index (κ2) is 5.27. The Kier molecular flexibility index (Phi) is 4.28. The van der Waals surface area contributed by atoms with E-state index in [1.54, 1.807) is 12.1 Å². The smallest absolute Gasteiger partial charge is 0.335 e. The SMILES string of the molecule is CC.O=C(O)c1ccc(P)c(C2CC2)c1. The van der Waals surface area contributed by atoms with E-state index in [4.69, 9.17) is 5.11 Å². The van der Waals surface area contributed by atoms with Gasteiger partial charge < -0.3 is 5.11 Å². The van der Waals surface area contributed by atoms with Crippen molar-refractivity contribution in [1.29, 1.82) is 0 Å². The molecular weight excluding hydrogens is 207 g/mol. The van der Waals surface area contributed by atoms with E-state index >= 15 is 0 Å². The van der Waals surface area contributed by atoms with Crippen LogP contribution in [0.4, 0.5) is 0 Å². The van der Waals surface area contributed by atoms with Crippen molar-refractivity contribution < 1.29 is 9.90 Å². The number of carbonyl (C=O) groups is 1. The number of benzene rings is 1. The van der Waals surface area contributed by atoms with Crippen LogP contribution in [-0.4, -0.2) is 11.1 Å². The van der Waals surface area contributed by atoms with Gasteiger partial charge in [0.1, 0.15) is 0 Å². The van der Waals surface area contributed by atoms with E-state index in [-0.39, 0.29) is 0 Å². The molecule has 0 saturated heterocycles. The second-order valence-corrected chi connectivity index (χ2v) is 4.05. The fourth-order valence-corrected chi connectivity index (χ4v) is 1.87. The minimum atomic E-state index is -0.841. The summed E-state index contributed by atoms with van der Waals surface area (Å²) < 4.78 is 0. The molecule has 1 atom stereocenters. The average Bonchev–Trinajstić information content (AvgIpc) is 3.05. The fraction of sp³-hybridized carbons (Fsp3) is 0.417. The van der Waals surface area contributed by atoms with Crippen molar-refractivity contribution >= 4 is 20.5 Å². The maximum Gasteiger partial charge on any atom is 0.335 e. The summed E-state index contributed by atoms with van der Waals surface area (Å²) in [4.78, 5) is 10.7. The van der Waals surface area contributed by atoms with Gasteiger partial charge in [0, 0.05) is 0 Å². The Labute approximate surface area is 92.9 Å². The van der Waals surface area contributed by atoms with Crippen molar-refractivity contribution in [3.05, 3.63) is 29.3 Å². The molecule has 0 radical (unpaired) electrons. The summed E-state index contributed by atoms with van der Waals surface area (Å²) in [6, 6.07) is 5.31. The third-order valence-electron chi connectivity index (χ3n) is 2.35. The molecule has 1 aliphatic rings. The van der Waals surface area contributed by atoms with Crippen molar-refractivity contribution in [3.8, 4) is 0 Å². The van der Waals surface area contributed by atoms with Gasteiger partial charge in [0.2, 0.25) is 0 Å². The topological polar surface area (TPSA) is 37.3 Å². The Balaban J connectivity index is 0.000000531. The quantitative estimate of drug-likeness (QED) is 0.784. The first kappa shape index (κ1) is 12.2. The Bertz CT molecular complexity index is 357. The van der Waals surface area contributed by atoms with Crippen molar-refractivity contribution in [2.75, 3.05) is 0 Å². The predicted octanol–water partition coefficient (Wildman–Crippen LogP) is 2.79. The van der Waals surface area contributed by atoms with Gasteiger partial charge in [-0.1, -0.05) is 19.9 Å². The van der Waals surface area contributed by atoms with Crippen LogP contribution in [0.3, 0.4) is 0 Å². The predicted molar refractivity (Wildman–Crippen MR) is 66.1 cm³/mol. The molecule has 0 aromatic heterocycles. The molecule has 0 heterocycles. The van der Waals surface area contributed by atoms with Gasteiger partial charge in [0.15, 0.2) is 0 Å². The first-order valence-electron chi connectivity index (χ1n) is 5.31. The van der Waals surface area contributed by atoms with Gasteiger partial charge in [-0.05, 0) is 41.8 Å². The van der Waals surface area contributed by atoms with Crippen molar-refractivity contribution in [3.63, 3.8) is 0 Å². The zero-order chi connectivity index (χ0) is 11.4. The van der Waals surface area contributed by atoms with Gasteiger partial charge in [-0.15, -0.1) is 9.24 Å². The molecule has 0 spiro atoms. The van der Waals surface area contributed by atoms with Gasteiger partial charge in [-0.25, -0.2) is 4.79 Å². The molecule has 0 aliphatic heterocycles. The number of hydrogen-bond acceptors (Lipinski definition) is 1. The standard InChI is InChI=1S/C10H11O2P.C2H6/c11-10(12)7-3-4-9(13)8(5-7)6-1-2-6;1-2/h3-6H,1-2,13H2,(H,11,12);1-2H3. The summed E-state index contributed by atoms with van der Waals surface area (Å²) in [6.45, 7) is 4.00. The molecule has 3 heteroatoms. The van der Waals surface area contributed by atoms with Gasteiger partial charge in [-0.3, -0.25) is 0 Å². The Morgan fingerprint density at radius 2 is 2.00 bits per heavy atom. The maximum absolute atomic E-state index is 10.7. The minimum absolute atomic E-state index is 0.396. The van der Waals surface area contributed by atoms with E-state index in [0.717, 1.165) is 5.30 Å². The highest BCUT2D eigenvalue weighted by molar-refractivity contribution is 7.27. The molecule has 1 aromatic carbocycles. The molecule has 0 amide bonds. The first-order valence-corrected chi connectivity index (χ1v) is 5.89. The van der Waals surface area contributed by atoms with Crippen LogP contribution in [0.5, 0.6) is 0 Å². The lowest BCUT2D eigenvalue weighted by Gasteiger charge is -2.04. The van der Waals surface area contributed by atoms with Gasteiger partial charge in [0.05, 0.1) is 5.56 Å². The summed E-state index contributed by atoms with van der Waals surface area (Å²) in [5, 5.41) is 9.93. The van der Waals surface area contributed by atoms with E-state index in [0.29, 0.717) is 11.5 Å². The number of rotatable bonds is 2. The molecule has 2 rings (SSSR count). The molecule has 1 fully saturated rings. The molecular formula is C12H17O2P. The van der Waals surface area contributed by atoms with E-state index in [1.165, 1.54) is 18.4 Å². The molecule has 1 aliphatic carbocycles. The molecule has 1 saturated carbocycles. The number of carboxylic acid groups (broad SMARTS) is 1. The van der Waals surface area contributed by atoms with E-state index in [9.17, 15) is 4.79 Å². The van der Waals surface area contributed by atoms with Gasteiger partial charge in [0.25, 0.3) is 0 Å². The van der Waals surface area contributed by atoms with Crippen LogP contribution in [0.25, 0.3) is 0 Å². The molecule has 1 N–H and O–H groups in total. The summed E-state index contributed by atoms with van der Waals surface area (Å²) in [5.74, 6) is -0.237. The zero-order valence-corrected chi connectivity index (χ0v) is 10.3. The maximum atomic E-state index is 10.7. The summed E-state index contributed by atoms with van der Waals surface area (Å²) in [6.07, 6.45) is 2.40. The molecule has 82 valence electrons. The van der Waals surface area contributed by atoms with Crippen LogP contribution in [0.15, 0.2) is 18.2 Å². The highest BCUT2D eigenvalue weighted by Crippen LogP contribution is 2.39. The third kappa shape index (κ3) is 3.04. The second-order valence-electron chi connectivity index (χ2n) is 3.42. The van der Waals surface area contributed by atoms with Crippen molar-refractivity contribution in [2.45, 2.75) is 32.6 Å². The minimum Gasteiger partial charge on any atom is -0.478 e.